The third kappa shape index (κ3) is 2.14. The number of carbonyl (C=O) groups is 1. The van der Waals surface area contributed by atoms with Crippen molar-refractivity contribution in [1.82, 2.24) is 9.88 Å². The van der Waals surface area contributed by atoms with E-state index in [1.807, 2.05) is 30.3 Å². The van der Waals surface area contributed by atoms with Gasteiger partial charge in [-0.25, -0.2) is 0 Å². The van der Waals surface area contributed by atoms with Crippen LogP contribution in [0, 0.1) is 0 Å². The van der Waals surface area contributed by atoms with Gasteiger partial charge in [0.25, 0.3) is 5.91 Å². The first-order chi connectivity index (χ1) is 9.68. The van der Waals surface area contributed by atoms with Crippen molar-refractivity contribution in [2.45, 2.75) is 18.9 Å². The molecule has 3 rings (SSSR count). The molecule has 1 fully saturated rings. The number of rotatable bonds is 2. The van der Waals surface area contributed by atoms with Crippen LogP contribution in [0.3, 0.4) is 0 Å². The molecule has 0 saturated carbocycles. The van der Waals surface area contributed by atoms with E-state index in [1.54, 1.807) is 11.1 Å². The molecule has 5 heteroatoms. The molecule has 2 aromatic rings. The molecule has 1 saturated heterocycles. The highest BCUT2D eigenvalue weighted by molar-refractivity contribution is 7.80. The smallest absolute Gasteiger partial charge is 0.255 e. The van der Waals surface area contributed by atoms with Crippen LogP contribution in [0.25, 0.3) is 10.9 Å². The van der Waals surface area contributed by atoms with Crippen LogP contribution in [0.2, 0.25) is 0 Å². The predicted molar refractivity (Wildman–Crippen MR) is 82.6 cm³/mol. The number of hydrogen-bond donors (Lipinski definition) is 1. The van der Waals surface area contributed by atoms with Crippen LogP contribution in [0.15, 0.2) is 36.5 Å². The second kappa shape index (κ2) is 5.17. The zero-order valence-corrected chi connectivity index (χ0v) is 11.8. The lowest BCUT2D eigenvalue weighted by Crippen LogP contribution is -2.42. The monoisotopic (exact) mass is 285 g/mol. The summed E-state index contributed by atoms with van der Waals surface area (Å²) in [5.74, 6) is -0.0149. The number of aromatic nitrogens is 1. The highest BCUT2D eigenvalue weighted by atomic mass is 32.1. The molecule has 20 heavy (non-hydrogen) atoms. The minimum absolute atomic E-state index is 0.0149. The van der Waals surface area contributed by atoms with Gasteiger partial charge in [-0.1, -0.05) is 24.4 Å². The van der Waals surface area contributed by atoms with Crippen molar-refractivity contribution < 1.29 is 4.79 Å². The second-order valence-electron chi connectivity index (χ2n) is 4.93. The van der Waals surface area contributed by atoms with E-state index in [1.165, 1.54) is 0 Å². The largest absolute Gasteiger partial charge is 0.392 e. The van der Waals surface area contributed by atoms with Crippen molar-refractivity contribution in [3.05, 3.63) is 42.1 Å². The lowest BCUT2D eigenvalue weighted by atomic mass is 10.1. The van der Waals surface area contributed by atoms with Crippen molar-refractivity contribution >= 4 is 34.0 Å². The van der Waals surface area contributed by atoms with E-state index >= 15 is 0 Å². The maximum Gasteiger partial charge on any atom is 0.255 e. The van der Waals surface area contributed by atoms with Gasteiger partial charge in [-0.15, -0.1) is 0 Å². The molecule has 2 N–H and O–H groups in total. The fourth-order valence-corrected chi connectivity index (χ4v) is 3.00. The molecule has 1 aliphatic rings. The Labute approximate surface area is 122 Å². The van der Waals surface area contributed by atoms with Crippen molar-refractivity contribution in [3.63, 3.8) is 0 Å². The minimum Gasteiger partial charge on any atom is -0.392 e. The number of nitrogens with two attached hydrogens (primary N) is 1. The van der Waals surface area contributed by atoms with E-state index in [-0.39, 0.29) is 11.9 Å². The summed E-state index contributed by atoms with van der Waals surface area (Å²) in [6.45, 7) is 0.706. The van der Waals surface area contributed by atoms with Gasteiger partial charge in [0.15, 0.2) is 0 Å². The average molecular weight is 285 g/mol. The first-order valence-electron chi connectivity index (χ1n) is 6.62. The number of benzene rings is 1. The van der Waals surface area contributed by atoms with Gasteiger partial charge in [0, 0.05) is 23.7 Å². The third-order valence-corrected chi connectivity index (χ3v) is 3.99. The third-order valence-electron chi connectivity index (χ3n) is 3.72. The highest BCUT2D eigenvalue weighted by Crippen LogP contribution is 2.24. The lowest BCUT2D eigenvalue weighted by molar-refractivity contribution is 0.0772. The number of pyridine rings is 1. The quantitative estimate of drug-likeness (QED) is 0.859. The Kier molecular flexibility index (Phi) is 3.36. The molecule has 1 aromatic carbocycles. The van der Waals surface area contributed by atoms with Gasteiger partial charge < -0.3 is 10.6 Å². The molecule has 0 spiro atoms. The first-order valence-corrected chi connectivity index (χ1v) is 7.03. The summed E-state index contributed by atoms with van der Waals surface area (Å²) < 4.78 is 0. The van der Waals surface area contributed by atoms with E-state index in [0.717, 1.165) is 23.7 Å². The summed E-state index contributed by atoms with van der Waals surface area (Å²) in [4.78, 5) is 19.2. The number of hydrogen-bond acceptors (Lipinski definition) is 3. The predicted octanol–water partition coefficient (Wildman–Crippen LogP) is 2.13. The van der Waals surface area contributed by atoms with Crippen LogP contribution in [0.5, 0.6) is 0 Å². The molecule has 2 heterocycles. The van der Waals surface area contributed by atoms with E-state index in [0.29, 0.717) is 17.1 Å². The maximum absolute atomic E-state index is 12.8. The molecule has 1 atom stereocenters. The molecular formula is C15H15N3OS. The Morgan fingerprint density at radius 2 is 2.20 bits per heavy atom. The van der Waals surface area contributed by atoms with Gasteiger partial charge in [-0.3, -0.25) is 9.78 Å². The molecule has 4 nitrogen and oxygen atoms in total. The number of thiocarbonyl (C=S) groups is 1. The maximum atomic E-state index is 12.8. The summed E-state index contributed by atoms with van der Waals surface area (Å²) in [5.41, 5.74) is 7.23. The molecule has 102 valence electrons. The topological polar surface area (TPSA) is 59.2 Å². The number of amides is 1. The fourth-order valence-electron chi connectivity index (χ4n) is 2.75. The Morgan fingerprint density at radius 3 is 3.00 bits per heavy atom. The van der Waals surface area contributed by atoms with Gasteiger partial charge in [0.2, 0.25) is 0 Å². The van der Waals surface area contributed by atoms with Crippen molar-refractivity contribution in [2.24, 2.45) is 5.73 Å². The lowest BCUT2D eigenvalue weighted by Gasteiger charge is -2.24. The van der Waals surface area contributed by atoms with Gasteiger partial charge in [0.05, 0.1) is 16.5 Å². The summed E-state index contributed by atoms with van der Waals surface area (Å²) >= 11 is 5.07. The number of likely N-dealkylation sites (tertiary alicyclic amines) is 1. The summed E-state index contributed by atoms with van der Waals surface area (Å²) in [5, 5.41) is 0.869. The summed E-state index contributed by atoms with van der Waals surface area (Å²) in [6.07, 6.45) is 3.52. The van der Waals surface area contributed by atoms with Crippen molar-refractivity contribution in [2.75, 3.05) is 6.54 Å². The Hall–Kier alpha value is -2.01. The van der Waals surface area contributed by atoms with Crippen LogP contribution in [-0.4, -0.2) is 33.4 Å². The molecule has 1 unspecified atom stereocenters. The van der Waals surface area contributed by atoms with Gasteiger partial charge in [0.1, 0.15) is 0 Å². The molecule has 0 aliphatic carbocycles. The number of carbonyl (C=O) groups excluding carboxylic acids is 1. The Balaban J connectivity index is 2.03. The van der Waals surface area contributed by atoms with Crippen LogP contribution in [-0.2, 0) is 0 Å². The summed E-state index contributed by atoms with van der Waals surface area (Å²) in [6, 6.07) is 9.23. The van der Waals surface area contributed by atoms with E-state index in [4.69, 9.17) is 18.0 Å². The zero-order valence-electron chi connectivity index (χ0n) is 11.0. The van der Waals surface area contributed by atoms with Crippen molar-refractivity contribution in [3.8, 4) is 0 Å². The van der Waals surface area contributed by atoms with Crippen molar-refractivity contribution in [1.29, 1.82) is 0 Å². The van der Waals surface area contributed by atoms with Crippen LogP contribution in [0.4, 0.5) is 0 Å². The van der Waals surface area contributed by atoms with E-state index < -0.39 is 0 Å². The molecule has 1 amide bonds. The number of fused-ring (bicyclic) bond motifs is 1. The fraction of sp³-hybridized carbons (Fsp3) is 0.267. The Morgan fingerprint density at radius 1 is 1.35 bits per heavy atom. The molecular weight excluding hydrogens is 270 g/mol. The molecule has 1 aromatic heterocycles. The SMILES string of the molecule is NC(=S)C1CCCN1C(=O)c1cccc2ncccc12. The van der Waals surface area contributed by atoms with Crippen LogP contribution >= 0.6 is 12.2 Å². The average Bonchev–Trinajstić information content (AvgIpc) is 2.95. The molecule has 0 radical (unpaired) electrons. The standard InChI is InChI=1S/C15H15N3OS/c16-14(20)13-7-3-9-18(13)15(19)11-4-1-6-12-10(11)5-2-8-17-12/h1-2,4-6,8,13H,3,7,9H2,(H2,16,20). The Bertz CT molecular complexity index is 680. The first kappa shape index (κ1) is 13.0. The second-order valence-corrected chi connectivity index (χ2v) is 5.41. The highest BCUT2D eigenvalue weighted by Gasteiger charge is 2.31. The molecule has 1 aliphatic heterocycles. The van der Waals surface area contributed by atoms with E-state index in [2.05, 4.69) is 4.98 Å². The number of nitrogens with zero attached hydrogens (tertiary/aromatic N) is 2. The van der Waals surface area contributed by atoms with Gasteiger partial charge >= 0.3 is 0 Å². The van der Waals surface area contributed by atoms with Gasteiger partial charge in [-0.2, -0.15) is 0 Å². The van der Waals surface area contributed by atoms with E-state index in [9.17, 15) is 4.79 Å². The van der Waals surface area contributed by atoms with Crippen LogP contribution < -0.4 is 5.73 Å². The van der Waals surface area contributed by atoms with Gasteiger partial charge in [-0.05, 0) is 31.0 Å². The zero-order chi connectivity index (χ0) is 14.1. The minimum atomic E-state index is -0.121. The summed E-state index contributed by atoms with van der Waals surface area (Å²) in [7, 11) is 0. The molecule has 0 bridgehead atoms. The van der Waals surface area contributed by atoms with Crippen LogP contribution in [0.1, 0.15) is 23.2 Å². The normalized spacial score (nSPS) is 18.4.